The Morgan fingerprint density at radius 3 is 2.50 bits per heavy atom. The van der Waals surface area contributed by atoms with E-state index in [2.05, 4.69) is 29.0 Å². The van der Waals surface area contributed by atoms with Crippen LogP contribution >= 0.6 is 11.6 Å². The molecule has 0 saturated carbocycles. The molecule has 0 spiro atoms. The van der Waals surface area contributed by atoms with Gasteiger partial charge in [0, 0.05) is 30.2 Å². The highest BCUT2D eigenvalue weighted by Crippen LogP contribution is 2.31. The van der Waals surface area contributed by atoms with E-state index in [9.17, 15) is 0 Å². The van der Waals surface area contributed by atoms with Gasteiger partial charge in [-0.2, -0.15) is 0 Å². The monoisotopic (exact) mass is 396 g/mol. The average Bonchev–Trinajstić information content (AvgIpc) is 2.70. The van der Waals surface area contributed by atoms with Crippen LogP contribution < -0.4 is 10.1 Å². The Labute approximate surface area is 170 Å². The summed E-state index contributed by atoms with van der Waals surface area (Å²) in [7, 11) is 0. The standard InChI is InChI=1S/C22H25ClN4O/c1-15(2)27-13-11-17(12-14-27)28-19-10-6-9-18-20(19)25-22(26-21(18)23)24-16-7-4-3-5-8-16/h3-10,15,17H,11-14H2,1-2H3,(H,24,25,26). The molecule has 1 saturated heterocycles. The van der Waals surface area contributed by atoms with Gasteiger partial charge in [-0.3, -0.25) is 0 Å². The van der Waals surface area contributed by atoms with E-state index >= 15 is 0 Å². The predicted molar refractivity (Wildman–Crippen MR) is 115 cm³/mol. The largest absolute Gasteiger partial charge is 0.488 e. The van der Waals surface area contributed by atoms with E-state index in [1.54, 1.807) is 0 Å². The molecule has 0 bridgehead atoms. The summed E-state index contributed by atoms with van der Waals surface area (Å²) in [5.74, 6) is 1.23. The molecule has 1 aliphatic heterocycles. The number of halogens is 1. The zero-order chi connectivity index (χ0) is 19.5. The Bertz CT molecular complexity index is 940. The molecule has 1 aromatic heterocycles. The van der Waals surface area contributed by atoms with Crippen LogP contribution in [0.2, 0.25) is 5.15 Å². The predicted octanol–water partition coefficient (Wildman–Crippen LogP) is 5.28. The number of nitrogens with zero attached hydrogens (tertiary/aromatic N) is 3. The summed E-state index contributed by atoms with van der Waals surface area (Å²) in [5, 5.41) is 4.44. The van der Waals surface area contributed by atoms with Crippen molar-refractivity contribution in [3.8, 4) is 5.75 Å². The third-order valence-electron chi connectivity index (χ3n) is 5.17. The molecule has 3 aromatic rings. The molecule has 1 fully saturated rings. The van der Waals surface area contributed by atoms with Crippen LogP contribution in [0.1, 0.15) is 26.7 Å². The van der Waals surface area contributed by atoms with Crippen molar-refractivity contribution in [2.75, 3.05) is 18.4 Å². The second-order valence-electron chi connectivity index (χ2n) is 7.43. The molecule has 4 rings (SSSR count). The lowest BCUT2D eigenvalue weighted by atomic mass is 10.1. The second-order valence-corrected chi connectivity index (χ2v) is 7.79. The lowest BCUT2D eigenvalue weighted by molar-refractivity contribution is 0.0852. The van der Waals surface area contributed by atoms with E-state index in [0.717, 1.165) is 48.3 Å². The molecule has 2 heterocycles. The van der Waals surface area contributed by atoms with Crippen molar-refractivity contribution in [2.45, 2.75) is 38.8 Å². The van der Waals surface area contributed by atoms with Gasteiger partial charge in [-0.05, 0) is 51.0 Å². The molecule has 146 valence electrons. The first-order valence-electron chi connectivity index (χ1n) is 9.79. The average molecular weight is 397 g/mol. The number of nitrogens with one attached hydrogen (secondary N) is 1. The van der Waals surface area contributed by atoms with Crippen molar-refractivity contribution in [3.63, 3.8) is 0 Å². The quantitative estimate of drug-likeness (QED) is 0.594. The molecule has 0 unspecified atom stereocenters. The number of benzene rings is 2. The number of rotatable bonds is 5. The fourth-order valence-corrected chi connectivity index (χ4v) is 3.81. The summed E-state index contributed by atoms with van der Waals surface area (Å²) in [6.07, 6.45) is 2.23. The maximum atomic E-state index is 6.44. The first-order chi connectivity index (χ1) is 13.6. The number of likely N-dealkylation sites (tertiary alicyclic amines) is 1. The van der Waals surface area contributed by atoms with Crippen molar-refractivity contribution in [3.05, 3.63) is 53.7 Å². The van der Waals surface area contributed by atoms with Crippen LogP contribution in [0.25, 0.3) is 10.9 Å². The SMILES string of the molecule is CC(C)N1CCC(Oc2cccc3c(Cl)nc(Nc4ccccc4)nc23)CC1. The summed E-state index contributed by atoms with van der Waals surface area (Å²) in [4.78, 5) is 11.6. The number of anilines is 2. The van der Waals surface area contributed by atoms with Crippen LogP contribution in [0.15, 0.2) is 48.5 Å². The van der Waals surface area contributed by atoms with E-state index in [1.807, 2.05) is 48.5 Å². The smallest absolute Gasteiger partial charge is 0.229 e. The number of fused-ring (bicyclic) bond motifs is 1. The topological polar surface area (TPSA) is 50.3 Å². The zero-order valence-electron chi connectivity index (χ0n) is 16.2. The Morgan fingerprint density at radius 1 is 1.04 bits per heavy atom. The van der Waals surface area contributed by atoms with Crippen LogP contribution in [-0.4, -0.2) is 40.1 Å². The molecule has 6 heteroatoms. The van der Waals surface area contributed by atoms with Gasteiger partial charge in [0.15, 0.2) is 0 Å². The van der Waals surface area contributed by atoms with Crippen LogP contribution in [0.4, 0.5) is 11.6 Å². The maximum absolute atomic E-state index is 6.44. The first kappa shape index (κ1) is 19.0. The van der Waals surface area contributed by atoms with Gasteiger partial charge >= 0.3 is 0 Å². The number of aromatic nitrogens is 2. The molecule has 0 radical (unpaired) electrons. The van der Waals surface area contributed by atoms with Gasteiger partial charge in [0.2, 0.25) is 5.95 Å². The highest BCUT2D eigenvalue weighted by Gasteiger charge is 2.23. The molecular formula is C22H25ClN4O. The van der Waals surface area contributed by atoms with Crippen molar-refractivity contribution < 1.29 is 4.74 Å². The second kappa shape index (κ2) is 8.33. The Kier molecular flexibility index (Phi) is 5.64. The summed E-state index contributed by atoms with van der Waals surface area (Å²) < 4.78 is 6.35. The summed E-state index contributed by atoms with van der Waals surface area (Å²) in [5.41, 5.74) is 1.66. The third-order valence-corrected chi connectivity index (χ3v) is 5.46. The molecule has 0 aliphatic carbocycles. The van der Waals surface area contributed by atoms with Crippen molar-refractivity contribution >= 4 is 34.1 Å². The summed E-state index contributed by atoms with van der Waals surface area (Å²) in [6, 6.07) is 16.2. The summed E-state index contributed by atoms with van der Waals surface area (Å²) >= 11 is 6.44. The lowest BCUT2D eigenvalue weighted by Crippen LogP contribution is -2.41. The van der Waals surface area contributed by atoms with Crippen molar-refractivity contribution in [1.29, 1.82) is 0 Å². The van der Waals surface area contributed by atoms with Gasteiger partial charge in [0.25, 0.3) is 0 Å². The Balaban J connectivity index is 1.58. The van der Waals surface area contributed by atoms with Gasteiger partial charge in [-0.25, -0.2) is 9.97 Å². The molecule has 1 N–H and O–H groups in total. The zero-order valence-corrected chi connectivity index (χ0v) is 17.0. The molecule has 2 aromatic carbocycles. The number of ether oxygens (including phenoxy) is 1. The van der Waals surface area contributed by atoms with E-state index in [-0.39, 0.29) is 6.10 Å². The fourth-order valence-electron chi connectivity index (χ4n) is 3.58. The Hall–Kier alpha value is -2.37. The van der Waals surface area contributed by atoms with E-state index in [1.165, 1.54) is 0 Å². The van der Waals surface area contributed by atoms with Crippen molar-refractivity contribution in [1.82, 2.24) is 14.9 Å². The molecule has 0 atom stereocenters. The minimum Gasteiger partial charge on any atom is -0.488 e. The van der Waals surface area contributed by atoms with E-state index < -0.39 is 0 Å². The highest BCUT2D eigenvalue weighted by atomic mass is 35.5. The van der Waals surface area contributed by atoms with Gasteiger partial charge in [-0.1, -0.05) is 35.9 Å². The van der Waals surface area contributed by atoms with Gasteiger partial charge in [0.1, 0.15) is 22.5 Å². The minimum atomic E-state index is 0.194. The highest BCUT2D eigenvalue weighted by molar-refractivity contribution is 6.34. The molecule has 5 nitrogen and oxygen atoms in total. The van der Waals surface area contributed by atoms with Gasteiger partial charge in [0.05, 0.1) is 0 Å². The first-order valence-corrected chi connectivity index (χ1v) is 10.2. The van der Waals surface area contributed by atoms with Crippen LogP contribution in [0, 0.1) is 0 Å². The van der Waals surface area contributed by atoms with Crippen molar-refractivity contribution in [2.24, 2.45) is 0 Å². The molecule has 1 aliphatic rings. The van der Waals surface area contributed by atoms with Crippen LogP contribution in [0.3, 0.4) is 0 Å². The number of hydrogen-bond donors (Lipinski definition) is 1. The normalized spacial score (nSPS) is 15.9. The van der Waals surface area contributed by atoms with Crippen LogP contribution in [0.5, 0.6) is 5.75 Å². The Morgan fingerprint density at radius 2 is 1.79 bits per heavy atom. The van der Waals surface area contributed by atoms with Crippen LogP contribution in [-0.2, 0) is 0 Å². The number of para-hydroxylation sites is 2. The fraction of sp³-hybridized carbons (Fsp3) is 0.364. The number of piperidine rings is 1. The molecular weight excluding hydrogens is 372 g/mol. The molecule has 0 amide bonds. The maximum Gasteiger partial charge on any atom is 0.229 e. The third kappa shape index (κ3) is 4.21. The van der Waals surface area contributed by atoms with Gasteiger partial charge < -0.3 is 15.0 Å². The summed E-state index contributed by atoms with van der Waals surface area (Å²) in [6.45, 7) is 6.60. The van der Waals surface area contributed by atoms with E-state index in [0.29, 0.717) is 17.1 Å². The molecule has 28 heavy (non-hydrogen) atoms. The number of hydrogen-bond acceptors (Lipinski definition) is 5. The van der Waals surface area contributed by atoms with Gasteiger partial charge in [-0.15, -0.1) is 0 Å². The minimum absolute atomic E-state index is 0.194. The lowest BCUT2D eigenvalue weighted by Gasteiger charge is -2.34. The van der Waals surface area contributed by atoms with E-state index in [4.69, 9.17) is 21.3 Å².